The van der Waals surface area contributed by atoms with E-state index in [2.05, 4.69) is 10.6 Å². The summed E-state index contributed by atoms with van der Waals surface area (Å²) in [6.45, 7) is 0.270. The number of hydrogen-bond acceptors (Lipinski definition) is 5. The monoisotopic (exact) mass is 470 g/mol. The van der Waals surface area contributed by atoms with Gasteiger partial charge in [0.25, 0.3) is 0 Å². The van der Waals surface area contributed by atoms with E-state index in [0.29, 0.717) is 28.5 Å². The summed E-state index contributed by atoms with van der Waals surface area (Å²) < 4.78 is 5.39. The lowest BCUT2D eigenvalue weighted by atomic mass is 10.1. The van der Waals surface area contributed by atoms with Crippen molar-refractivity contribution in [1.29, 1.82) is 0 Å². The lowest BCUT2D eigenvalue weighted by Crippen LogP contribution is -2.45. The third kappa shape index (κ3) is 4.99. The molecule has 172 valence electrons. The Balaban J connectivity index is 1.44. The van der Waals surface area contributed by atoms with Crippen LogP contribution in [0.2, 0.25) is 5.02 Å². The van der Waals surface area contributed by atoms with Gasteiger partial charge in [-0.15, -0.1) is 0 Å². The number of benzene rings is 2. The van der Waals surface area contributed by atoms with Gasteiger partial charge in [0.05, 0.1) is 11.8 Å². The van der Waals surface area contributed by atoms with Gasteiger partial charge >= 0.3 is 6.03 Å². The number of rotatable bonds is 5. The van der Waals surface area contributed by atoms with Crippen molar-refractivity contribution in [1.82, 2.24) is 4.90 Å². The standard InChI is InChI=1S/C23H23ClN4O5/c1-33-18-12-19(27(13-18)23(32)26-16-4-2-14(24)3-5-16)22(31)25-15-6-8-17(9-7-15)28-20(29)10-11-21(28)30/h2-9,18-19H,10-13H2,1H3,(H,25,31)(H,26,32)/t18-,19-/m1/s1. The summed E-state index contributed by atoms with van der Waals surface area (Å²) in [7, 11) is 1.54. The van der Waals surface area contributed by atoms with E-state index in [0.717, 1.165) is 4.90 Å². The van der Waals surface area contributed by atoms with Crippen LogP contribution in [0.1, 0.15) is 19.3 Å². The average molecular weight is 471 g/mol. The molecule has 9 nitrogen and oxygen atoms in total. The van der Waals surface area contributed by atoms with Crippen LogP contribution in [0.3, 0.4) is 0 Å². The van der Waals surface area contributed by atoms with Crippen molar-refractivity contribution < 1.29 is 23.9 Å². The van der Waals surface area contributed by atoms with Gasteiger partial charge in [-0.2, -0.15) is 0 Å². The van der Waals surface area contributed by atoms with Crippen LogP contribution in [0.25, 0.3) is 0 Å². The molecule has 0 spiro atoms. The quantitative estimate of drug-likeness (QED) is 0.652. The molecule has 0 bridgehead atoms. The van der Waals surface area contributed by atoms with Crippen LogP contribution in [0.4, 0.5) is 21.9 Å². The minimum absolute atomic E-state index is 0.202. The maximum Gasteiger partial charge on any atom is 0.322 e. The minimum atomic E-state index is -0.733. The highest BCUT2D eigenvalue weighted by Gasteiger charge is 2.40. The van der Waals surface area contributed by atoms with Gasteiger partial charge in [-0.25, -0.2) is 4.79 Å². The van der Waals surface area contributed by atoms with Gasteiger partial charge in [-0.3, -0.25) is 19.3 Å². The number of carbonyl (C=O) groups excluding carboxylic acids is 4. The number of halogens is 1. The van der Waals surface area contributed by atoms with Crippen LogP contribution in [0, 0.1) is 0 Å². The third-order valence-electron chi connectivity index (χ3n) is 5.70. The van der Waals surface area contributed by atoms with Crippen LogP contribution in [0.15, 0.2) is 48.5 Å². The first-order chi connectivity index (χ1) is 15.9. The van der Waals surface area contributed by atoms with Crippen molar-refractivity contribution in [2.24, 2.45) is 0 Å². The maximum absolute atomic E-state index is 13.0. The predicted molar refractivity (Wildman–Crippen MR) is 123 cm³/mol. The average Bonchev–Trinajstić information content (AvgIpc) is 3.39. The topological polar surface area (TPSA) is 108 Å². The number of ether oxygens (including phenoxy) is 1. The minimum Gasteiger partial charge on any atom is -0.380 e. The van der Waals surface area contributed by atoms with Gasteiger partial charge in [-0.05, 0) is 48.5 Å². The fraction of sp³-hybridized carbons (Fsp3) is 0.304. The van der Waals surface area contributed by atoms with Crippen molar-refractivity contribution in [3.63, 3.8) is 0 Å². The molecule has 0 radical (unpaired) electrons. The predicted octanol–water partition coefficient (Wildman–Crippen LogP) is 3.25. The largest absolute Gasteiger partial charge is 0.380 e. The number of methoxy groups -OCH3 is 1. The Hall–Kier alpha value is -3.43. The van der Waals surface area contributed by atoms with Gasteiger partial charge in [0.15, 0.2) is 0 Å². The van der Waals surface area contributed by atoms with Crippen molar-refractivity contribution in [2.45, 2.75) is 31.4 Å². The number of amides is 5. The number of nitrogens with one attached hydrogen (secondary N) is 2. The fourth-order valence-corrected chi connectivity index (χ4v) is 4.08. The van der Waals surface area contributed by atoms with Crippen molar-refractivity contribution in [2.75, 3.05) is 29.2 Å². The molecule has 2 aromatic carbocycles. The fourth-order valence-electron chi connectivity index (χ4n) is 3.95. The highest BCUT2D eigenvalue weighted by Crippen LogP contribution is 2.26. The molecule has 2 atom stereocenters. The van der Waals surface area contributed by atoms with E-state index in [1.54, 1.807) is 55.6 Å². The zero-order valence-corrected chi connectivity index (χ0v) is 18.7. The summed E-state index contributed by atoms with van der Waals surface area (Å²) in [5.41, 5.74) is 1.51. The first kappa shape index (κ1) is 22.8. The summed E-state index contributed by atoms with van der Waals surface area (Å²) in [5.74, 6) is -0.840. The molecule has 0 unspecified atom stereocenters. The molecule has 10 heteroatoms. The summed E-state index contributed by atoms with van der Waals surface area (Å²) in [4.78, 5) is 52.3. The number of carbonyl (C=O) groups is 4. The summed E-state index contributed by atoms with van der Waals surface area (Å²) >= 11 is 5.89. The van der Waals surface area contributed by atoms with Crippen molar-refractivity contribution in [3.8, 4) is 0 Å². The van der Waals surface area contributed by atoms with Gasteiger partial charge in [0.2, 0.25) is 17.7 Å². The number of anilines is 3. The Bertz CT molecular complexity index is 1060. The number of nitrogens with zero attached hydrogens (tertiary/aromatic N) is 2. The molecule has 5 amide bonds. The molecule has 2 saturated heterocycles. The van der Waals surface area contributed by atoms with E-state index < -0.39 is 12.1 Å². The van der Waals surface area contributed by atoms with Gasteiger partial charge < -0.3 is 20.3 Å². The number of imide groups is 1. The molecule has 2 N–H and O–H groups in total. The van der Waals surface area contributed by atoms with E-state index in [1.807, 2.05) is 0 Å². The Morgan fingerprint density at radius 1 is 0.939 bits per heavy atom. The molecule has 0 aromatic heterocycles. The molecule has 0 aliphatic carbocycles. The van der Waals surface area contributed by atoms with Crippen LogP contribution in [-0.4, -0.2) is 54.5 Å². The Morgan fingerprint density at radius 2 is 1.52 bits per heavy atom. The second kappa shape index (κ2) is 9.60. The van der Waals surface area contributed by atoms with Crippen molar-refractivity contribution >= 4 is 52.4 Å². The first-order valence-corrected chi connectivity index (χ1v) is 10.9. The lowest BCUT2D eigenvalue weighted by molar-refractivity contribution is -0.121. The summed E-state index contributed by atoms with van der Waals surface area (Å²) in [6, 6.07) is 12.0. The second-order valence-electron chi connectivity index (χ2n) is 7.86. The summed E-state index contributed by atoms with van der Waals surface area (Å²) in [5, 5.41) is 6.13. The third-order valence-corrected chi connectivity index (χ3v) is 5.95. The molecule has 33 heavy (non-hydrogen) atoms. The molecular formula is C23H23ClN4O5. The van der Waals surface area contributed by atoms with Crippen LogP contribution < -0.4 is 15.5 Å². The van der Waals surface area contributed by atoms with Gasteiger partial charge in [0.1, 0.15) is 6.04 Å². The number of hydrogen-bond donors (Lipinski definition) is 2. The van der Waals surface area contributed by atoms with E-state index in [4.69, 9.17) is 16.3 Å². The summed E-state index contributed by atoms with van der Waals surface area (Å²) in [6.07, 6.45) is 0.484. The SMILES string of the molecule is CO[C@@H]1C[C@H](C(=O)Nc2ccc(N3C(=O)CCC3=O)cc2)N(C(=O)Nc2ccc(Cl)cc2)C1. The van der Waals surface area contributed by atoms with Gasteiger partial charge in [0, 0.05) is 49.3 Å². The van der Waals surface area contributed by atoms with E-state index >= 15 is 0 Å². The van der Waals surface area contributed by atoms with Crippen LogP contribution >= 0.6 is 11.6 Å². The van der Waals surface area contributed by atoms with Gasteiger partial charge in [-0.1, -0.05) is 11.6 Å². The second-order valence-corrected chi connectivity index (χ2v) is 8.29. The van der Waals surface area contributed by atoms with Crippen LogP contribution in [0.5, 0.6) is 0 Å². The molecule has 2 aliphatic rings. The highest BCUT2D eigenvalue weighted by atomic mass is 35.5. The zero-order valence-electron chi connectivity index (χ0n) is 17.9. The number of likely N-dealkylation sites (tertiary alicyclic amines) is 1. The Morgan fingerprint density at radius 3 is 2.12 bits per heavy atom. The van der Waals surface area contributed by atoms with Crippen molar-refractivity contribution in [3.05, 3.63) is 53.6 Å². The molecule has 4 rings (SSSR count). The lowest BCUT2D eigenvalue weighted by Gasteiger charge is -2.24. The Kier molecular flexibility index (Phi) is 6.62. The molecule has 0 saturated carbocycles. The smallest absolute Gasteiger partial charge is 0.322 e. The molecule has 2 aliphatic heterocycles. The zero-order chi connectivity index (χ0) is 23.5. The normalized spacial score (nSPS) is 20.3. The number of urea groups is 1. The Labute approximate surface area is 195 Å². The van der Waals surface area contributed by atoms with E-state index in [1.165, 1.54) is 4.90 Å². The molecular weight excluding hydrogens is 448 g/mol. The maximum atomic E-state index is 13.0. The van der Waals surface area contributed by atoms with E-state index in [-0.39, 0.29) is 43.2 Å². The molecule has 2 heterocycles. The molecule has 2 aromatic rings. The van der Waals surface area contributed by atoms with Crippen LogP contribution in [-0.2, 0) is 19.1 Å². The molecule has 2 fully saturated rings. The highest BCUT2D eigenvalue weighted by molar-refractivity contribution is 6.30. The van der Waals surface area contributed by atoms with E-state index in [9.17, 15) is 19.2 Å². The first-order valence-electron chi connectivity index (χ1n) is 10.5.